The van der Waals surface area contributed by atoms with Crippen LogP contribution in [0.4, 0.5) is 5.69 Å². The molecule has 0 aromatic heterocycles. The van der Waals surface area contributed by atoms with Crippen LogP contribution in [0.3, 0.4) is 0 Å². The number of hydrogen-bond donors (Lipinski definition) is 1. The minimum atomic E-state index is -3.20. The second-order valence-corrected chi connectivity index (χ2v) is 6.89. The molecule has 2 N–H and O–H groups in total. The number of amides is 1. The van der Waals surface area contributed by atoms with Gasteiger partial charge in [0.25, 0.3) is 5.91 Å². The second-order valence-electron chi connectivity index (χ2n) is 4.91. The Balaban J connectivity index is 2.07. The van der Waals surface area contributed by atoms with E-state index in [0.29, 0.717) is 43.2 Å². The highest BCUT2D eigenvalue weighted by Crippen LogP contribution is 2.23. The lowest BCUT2D eigenvalue weighted by Gasteiger charge is -2.33. The van der Waals surface area contributed by atoms with E-state index in [4.69, 9.17) is 10.5 Å². The van der Waals surface area contributed by atoms with E-state index < -0.39 is 10.0 Å². The van der Waals surface area contributed by atoms with Gasteiger partial charge >= 0.3 is 0 Å². The number of sulfonamides is 1. The molecule has 2 rings (SSSR count). The van der Waals surface area contributed by atoms with Crippen LogP contribution in [0.2, 0.25) is 0 Å². The van der Waals surface area contributed by atoms with E-state index >= 15 is 0 Å². The summed E-state index contributed by atoms with van der Waals surface area (Å²) in [5.74, 6) is 0.367. The summed E-state index contributed by atoms with van der Waals surface area (Å²) in [7, 11) is -1.69. The molecular weight excluding hydrogens is 294 g/mol. The number of rotatable bonds is 3. The number of methoxy groups -OCH3 is 1. The zero-order valence-corrected chi connectivity index (χ0v) is 12.9. The van der Waals surface area contributed by atoms with Crippen molar-refractivity contribution in [1.29, 1.82) is 0 Å². The molecule has 1 saturated heterocycles. The number of carbonyl (C=O) groups excluding carboxylic acids is 1. The Morgan fingerprint density at radius 1 is 1.24 bits per heavy atom. The topological polar surface area (TPSA) is 92.9 Å². The Morgan fingerprint density at radius 3 is 2.33 bits per heavy atom. The third kappa shape index (κ3) is 3.45. The summed E-state index contributed by atoms with van der Waals surface area (Å²) in [5, 5.41) is 0. The van der Waals surface area contributed by atoms with Gasteiger partial charge in [-0.15, -0.1) is 0 Å². The van der Waals surface area contributed by atoms with E-state index in [0.717, 1.165) is 0 Å². The van der Waals surface area contributed by atoms with Crippen molar-refractivity contribution in [2.24, 2.45) is 0 Å². The Morgan fingerprint density at radius 2 is 1.86 bits per heavy atom. The van der Waals surface area contributed by atoms with Gasteiger partial charge < -0.3 is 15.4 Å². The maximum Gasteiger partial charge on any atom is 0.254 e. The van der Waals surface area contributed by atoms with Crippen LogP contribution in [-0.2, 0) is 10.0 Å². The van der Waals surface area contributed by atoms with Gasteiger partial charge in [0.2, 0.25) is 10.0 Å². The molecule has 1 aromatic carbocycles. The number of carbonyl (C=O) groups is 1. The highest BCUT2D eigenvalue weighted by Gasteiger charge is 2.26. The largest absolute Gasteiger partial charge is 0.495 e. The number of anilines is 1. The summed E-state index contributed by atoms with van der Waals surface area (Å²) in [6.07, 6.45) is 1.18. The molecule has 0 radical (unpaired) electrons. The number of piperazine rings is 1. The van der Waals surface area contributed by atoms with Crippen molar-refractivity contribution in [2.75, 3.05) is 45.3 Å². The molecule has 1 aromatic rings. The molecule has 0 aliphatic carbocycles. The quantitative estimate of drug-likeness (QED) is 0.793. The van der Waals surface area contributed by atoms with Gasteiger partial charge in [-0.1, -0.05) is 0 Å². The second kappa shape index (κ2) is 5.90. The van der Waals surface area contributed by atoms with Crippen molar-refractivity contribution >= 4 is 21.6 Å². The molecule has 1 amide bonds. The molecule has 0 spiro atoms. The van der Waals surface area contributed by atoms with Crippen molar-refractivity contribution in [2.45, 2.75) is 0 Å². The number of hydrogen-bond acceptors (Lipinski definition) is 5. The zero-order chi connectivity index (χ0) is 15.6. The van der Waals surface area contributed by atoms with Crippen molar-refractivity contribution < 1.29 is 17.9 Å². The van der Waals surface area contributed by atoms with E-state index in [1.54, 1.807) is 23.1 Å². The molecule has 1 aliphatic heterocycles. The van der Waals surface area contributed by atoms with Crippen LogP contribution in [-0.4, -0.2) is 63.1 Å². The summed E-state index contributed by atoms with van der Waals surface area (Å²) >= 11 is 0. The van der Waals surface area contributed by atoms with Crippen LogP contribution in [0.25, 0.3) is 0 Å². The maximum atomic E-state index is 12.4. The number of nitrogen functional groups attached to an aromatic ring is 1. The molecule has 116 valence electrons. The molecule has 8 heteroatoms. The summed E-state index contributed by atoms with van der Waals surface area (Å²) in [4.78, 5) is 14.0. The minimum absolute atomic E-state index is 0.155. The van der Waals surface area contributed by atoms with E-state index in [9.17, 15) is 13.2 Å². The standard InChI is InChI=1S/C13H19N3O4S/c1-20-12-4-3-10(9-11(12)14)13(17)15-5-7-16(8-6-15)21(2,18)19/h3-4,9H,5-8,14H2,1-2H3. The van der Waals surface area contributed by atoms with Crippen molar-refractivity contribution in [1.82, 2.24) is 9.21 Å². The predicted octanol–water partition coefficient (Wildman–Crippen LogP) is -0.00520. The summed E-state index contributed by atoms with van der Waals surface area (Å²) in [5.41, 5.74) is 6.67. The van der Waals surface area contributed by atoms with Crippen molar-refractivity contribution in [3.8, 4) is 5.75 Å². The third-order valence-electron chi connectivity index (χ3n) is 3.47. The summed E-state index contributed by atoms with van der Waals surface area (Å²) in [6.45, 7) is 1.38. The fraction of sp³-hybridized carbons (Fsp3) is 0.462. The first kappa shape index (κ1) is 15.6. The Kier molecular flexibility index (Phi) is 4.38. The average molecular weight is 313 g/mol. The van der Waals surface area contributed by atoms with Gasteiger partial charge in [0.1, 0.15) is 5.75 Å². The van der Waals surface area contributed by atoms with Crippen LogP contribution in [0, 0.1) is 0 Å². The lowest BCUT2D eigenvalue weighted by atomic mass is 10.1. The molecule has 1 aliphatic rings. The van der Waals surface area contributed by atoms with Gasteiger partial charge in [0.15, 0.2) is 0 Å². The number of nitrogens with two attached hydrogens (primary N) is 1. The van der Waals surface area contributed by atoms with Gasteiger partial charge in [-0.25, -0.2) is 8.42 Å². The van der Waals surface area contributed by atoms with E-state index in [2.05, 4.69) is 0 Å². The molecule has 21 heavy (non-hydrogen) atoms. The monoisotopic (exact) mass is 313 g/mol. The van der Waals surface area contributed by atoms with Crippen LogP contribution in [0.1, 0.15) is 10.4 Å². The lowest BCUT2D eigenvalue weighted by molar-refractivity contribution is 0.0698. The Labute approximate surface area is 124 Å². The molecule has 0 bridgehead atoms. The molecule has 0 atom stereocenters. The SMILES string of the molecule is COc1ccc(C(=O)N2CCN(S(C)(=O)=O)CC2)cc1N. The molecule has 1 fully saturated rings. The van der Waals surface area contributed by atoms with Crippen LogP contribution < -0.4 is 10.5 Å². The number of ether oxygens (including phenoxy) is 1. The van der Waals surface area contributed by atoms with Crippen LogP contribution in [0.15, 0.2) is 18.2 Å². The number of benzene rings is 1. The van der Waals surface area contributed by atoms with Gasteiger partial charge in [0.05, 0.1) is 19.1 Å². The Bertz CT molecular complexity index is 637. The van der Waals surface area contributed by atoms with E-state index in [-0.39, 0.29) is 5.91 Å². The van der Waals surface area contributed by atoms with E-state index in [1.165, 1.54) is 17.7 Å². The zero-order valence-electron chi connectivity index (χ0n) is 12.1. The molecular formula is C13H19N3O4S. The molecule has 0 unspecified atom stereocenters. The normalized spacial score (nSPS) is 16.8. The smallest absolute Gasteiger partial charge is 0.254 e. The first-order chi connectivity index (χ1) is 9.82. The number of nitrogens with zero attached hydrogens (tertiary/aromatic N) is 2. The molecule has 0 saturated carbocycles. The van der Waals surface area contributed by atoms with Crippen LogP contribution >= 0.6 is 0 Å². The maximum absolute atomic E-state index is 12.4. The predicted molar refractivity (Wildman–Crippen MR) is 79.7 cm³/mol. The van der Waals surface area contributed by atoms with Crippen molar-refractivity contribution in [3.63, 3.8) is 0 Å². The molecule has 7 nitrogen and oxygen atoms in total. The average Bonchev–Trinajstić information content (AvgIpc) is 2.45. The highest BCUT2D eigenvalue weighted by atomic mass is 32.2. The fourth-order valence-electron chi connectivity index (χ4n) is 2.27. The lowest BCUT2D eigenvalue weighted by Crippen LogP contribution is -2.50. The highest BCUT2D eigenvalue weighted by molar-refractivity contribution is 7.88. The Hall–Kier alpha value is -1.80. The fourth-order valence-corrected chi connectivity index (χ4v) is 3.10. The van der Waals surface area contributed by atoms with Gasteiger partial charge in [-0.05, 0) is 18.2 Å². The van der Waals surface area contributed by atoms with Crippen molar-refractivity contribution in [3.05, 3.63) is 23.8 Å². The molecule has 1 heterocycles. The minimum Gasteiger partial charge on any atom is -0.495 e. The summed E-state index contributed by atoms with van der Waals surface area (Å²) in [6, 6.07) is 4.87. The van der Waals surface area contributed by atoms with Gasteiger partial charge in [0, 0.05) is 31.7 Å². The van der Waals surface area contributed by atoms with Gasteiger partial charge in [-0.2, -0.15) is 4.31 Å². The van der Waals surface area contributed by atoms with Crippen LogP contribution in [0.5, 0.6) is 5.75 Å². The summed E-state index contributed by atoms with van der Waals surface area (Å²) < 4.78 is 29.3. The first-order valence-corrected chi connectivity index (χ1v) is 8.35. The first-order valence-electron chi connectivity index (χ1n) is 6.51. The van der Waals surface area contributed by atoms with E-state index in [1.807, 2.05) is 0 Å². The van der Waals surface area contributed by atoms with Gasteiger partial charge in [-0.3, -0.25) is 4.79 Å². The third-order valence-corrected chi connectivity index (χ3v) is 4.77.